The van der Waals surface area contributed by atoms with Crippen molar-refractivity contribution in [3.63, 3.8) is 0 Å². The van der Waals surface area contributed by atoms with E-state index >= 15 is 0 Å². The molecule has 0 bridgehead atoms. The number of carbonyl (C=O) groups excluding carboxylic acids is 1. The number of oxime groups is 1. The van der Waals surface area contributed by atoms with Crippen LogP contribution in [0.1, 0.15) is 34.1 Å². The van der Waals surface area contributed by atoms with E-state index in [0.717, 1.165) is 0 Å². The lowest BCUT2D eigenvalue weighted by Crippen LogP contribution is -2.28. The molecule has 4 heteroatoms. The topological polar surface area (TPSA) is 47.9 Å². The van der Waals surface area contributed by atoms with E-state index in [4.69, 9.17) is 9.57 Å². The predicted octanol–water partition coefficient (Wildman–Crippen LogP) is 1.74. The van der Waals surface area contributed by atoms with Gasteiger partial charge in [0.25, 0.3) is 0 Å². The first-order chi connectivity index (χ1) is 6.45. The number of hydrogen-bond acceptors (Lipinski definition) is 4. The smallest absolute Gasteiger partial charge is 0.356 e. The second kappa shape index (κ2) is 3.98. The lowest BCUT2D eigenvalue weighted by molar-refractivity contribution is -0.135. The van der Waals surface area contributed by atoms with Crippen LogP contribution in [0.3, 0.4) is 0 Å². The third kappa shape index (κ3) is 2.47. The molecule has 0 spiro atoms. The first kappa shape index (κ1) is 11.0. The molecule has 0 amide bonds. The number of carbonyl (C=O) groups is 1. The van der Waals surface area contributed by atoms with Crippen LogP contribution in [-0.4, -0.2) is 24.4 Å². The van der Waals surface area contributed by atoms with Crippen molar-refractivity contribution >= 4 is 11.7 Å². The fraction of sp³-hybridized carbons (Fsp3) is 0.800. The van der Waals surface area contributed by atoms with Crippen molar-refractivity contribution in [3.8, 4) is 0 Å². The summed E-state index contributed by atoms with van der Waals surface area (Å²) in [5, 5.41) is 3.74. The van der Waals surface area contributed by atoms with Gasteiger partial charge in [-0.3, -0.25) is 0 Å². The van der Waals surface area contributed by atoms with Gasteiger partial charge in [0, 0.05) is 11.8 Å². The Morgan fingerprint density at radius 2 is 2.29 bits per heavy atom. The Kier molecular flexibility index (Phi) is 3.13. The molecule has 0 saturated carbocycles. The van der Waals surface area contributed by atoms with E-state index in [1.165, 1.54) is 0 Å². The normalized spacial score (nSPS) is 21.4. The highest BCUT2D eigenvalue weighted by Crippen LogP contribution is 2.29. The quantitative estimate of drug-likeness (QED) is 0.636. The van der Waals surface area contributed by atoms with Crippen molar-refractivity contribution in [1.82, 2.24) is 0 Å². The van der Waals surface area contributed by atoms with Crippen LogP contribution < -0.4 is 0 Å². The highest BCUT2D eigenvalue weighted by Gasteiger charge is 2.35. The predicted molar refractivity (Wildman–Crippen MR) is 53.0 cm³/mol. The van der Waals surface area contributed by atoms with Gasteiger partial charge in [0.15, 0.2) is 5.71 Å². The zero-order valence-electron chi connectivity index (χ0n) is 9.16. The summed E-state index contributed by atoms with van der Waals surface area (Å²) in [5.74, 6) is -0.362. The number of ether oxygens (including phenoxy) is 1. The van der Waals surface area contributed by atoms with E-state index in [-0.39, 0.29) is 17.5 Å². The van der Waals surface area contributed by atoms with Gasteiger partial charge in [0.1, 0.15) is 6.10 Å². The van der Waals surface area contributed by atoms with Gasteiger partial charge in [-0.1, -0.05) is 25.9 Å². The molecule has 1 atom stereocenters. The van der Waals surface area contributed by atoms with Gasteiger partial charge in [-0.15, -0.1) is 0 Å². The van der Waals surface area contributed by atoms with Crippen molar-refractivity contribution in [1.29, 1.82) is 0 Å². The highest BCUT2D eigenvalue weighted by molar-refractivity contribution is 6.36. The average Bonchev–Trinajstić information content (AvgIpc) is 2.51. The molecule has 0 aromatic rings. The minimum atomic E-state index is -0.362. The third-order valence-electron chi connectivity index (χ3n) is 2.15. The van der Waals surface area contributed by atoms with E-state index < -0.39 is 0 Å². The monoisotopic (exact) mass is 199 g/mol. The van der Waals surface area contributed by atoms with Crippen LogP contribution in [0.2, 0.25) is 0 Å². The van der Waals surface area contributed by atoms with Crippen LogP contribution in [0.25, 0.3) is 0 Å². The highest BCUT2D eigenvalue weighted by atomic mass is 16.6. The molecule has 1 heterocycles. The van der Waals surface area contributed by atoms with Gasteiger partial charge in [-0.25, -0.2) is 4.79 Å². The maximum atomic E-state index is 11.3. The second-order valence-electron chi connectivity index (χ2n) is 4.42. The summed E-state index contributed by atoms with van der Waals surface area (Å²) in [6.45, 7) is 8.32. The van der Waals surface area contributed by atoms with Crippen LogP contribution in [0, 0.1) is 5.41 Å². The maximum Gasteiger partial charge on any atom is 0.356 e. The van der Waals surface area contributed by atoms with E-state index in [1.54, 1.807) is 6.92 Å². The number of hydrogen-bond donors (Lipinski definition) is 0. The van der Waals surface area contributed by atoms with E-state index in [1.807, 2.05) is 0 Å². The standard InChI is InChI=1S/C10H17NO3/c1-5-13-9(12)7-6-8(14-11-7)10(2,3)4/h8H,5-6H2,1-4H3. The molecule has 0 saturated heterocycles. The van der Waals surface area contributed by atoms with Crippen LogP contribution in [0.5, 0.6) is 0 Å². The molecule has 1 rings (SSSR count). The summed E-state index contributed by atoms with van der Waals surface area (Å²) in [6, 6.07) is 0. The van der Waals surface area contributed by atoms with Crippen LogP contribution in [-0.2, 0) is 14.4 Å². The van der Waals surface area contributed by atoms with Crippen molar-refractivity contribution in [2.45, 2.75) is 40.2 Å². The summed E-state index contributed by atoms with van der Waals surface area (Å²) in [4.78, 5) is 16.5. The van der Waals surface area contributed by atoms with Gasteiger partial charge in [-0.2, -0.15) is 0 Å². The molecule has 1 aliphatic rings. The van der Waals surface area contributed by atoms with E-state index in [2.05, 4.69) is 25.9 Å². The molecular formula is C10H17NO3. The van der Waals surface area contributed by atoms with Crippen molar-refractivity contribution in [2.75, 3.05) is 6.61 Å². The molecule has 0 aromatic carbocycles. The summed E-state index contributed by atoms with van der Waals surface area (Å²) in [7, 11) is 0. The summed E-state index contributed by atoms with van der Waals surface area (Å²) < 4.78 is 4.84. The lowest BCUT2D eigenvalue weighted by Gasteiger charge is -2.23. The molecule has 80 valence electrons. The number of nitrogens with zero attached hydrogens (tertiary/aromatic N) is 1. The first-order valence-corrected chi connectivity index (χ1v) is 4.85. The molecule has 0 aromatic heterocycles. The zero-order valence-corrected chi connectivity index (χ0v) is 9.16. The number of rotatable bonds is 2. The molecule has 0 aliphatic carbocycles. The molecule has 0 radical (unpaired) electrons. The fourth-order valence-electron chi connectivity index (χ4n) is 1.18. The average molecular weight is 199 g/mol. The Labute approximate surface area is 84.3 Å². The SMILES string of the molecule is CCOC(=O)C1=NOC(C(C)(C)C)C1. The molecule has 0 fully saturated rings. The molecule has 4 nitrogen and oxygen atoms in total. The van der Waals surface area contributed by atoms with Crippen molar-refractivity contribution in [3.05, 3.63) is 0 Å². The summed E-state index contributed by atoms with van der Waals surface area (Å²) in [6.07, 6.45) is 0.518. The van der Waals surface area contributed by atoms with Gasteiger partial charge in [0.2, 0.25) is 0 Å². The number of esters is 1. The maximum absolute atomic E-state index is 11.3. The first-order valence-electron chi connectivity index (χ1n) is 4.85. The second-order valence-corrected chi connectivity index (χ2v) is 4.42. The van der Waals surface area contributed by atoms with Crippen LogP contribution in [0.15, 0.2) is 5.16 Å². The Bertz CT molecular complexity index is 253. The van der Waals surface area contributed by atoms with E-state index in [0.29, 0.717) is 18.7 Å². The molecular weight excluding hydrogens is 182 g/mol. The van der Waals surface area contributed by atoms with Crippen molar-refractivity contribution in [2.24, 2.45) is 10.6 Å². The molecule has 0 N–H and O–H groups in total. The van der Waals surface area contributed by atoms with Gasteiger partial charge < -0.3 is 9.57 Å². The molecule has 1 unspecified atom stereocenters. The fourth-order valence-corrected chi connectivity index (χ4v) is 1.18. The zero-order chi connectivity index (χ0) is 10.8. The Morgan fingerprint density at radius 1 is 1.64 bits per heavy atom. The lowest BCUT2D eigenvalue weighted by atomic mass is 9.86. The van der Waals surface area contributed by atoms with Crippen LogP contribution >= 0.6 is 0 Å². The van der Waals surface area contributed by atoms with Gasteiger partial charge in [-0.05, 0) is 6.92 Å². The third-order valence-corrected chi connectivity index (χ3v) is 2.15. The Balaban J connectivity index is 2.52. The summed E-state index contributed by atoms with van der Waals surface area (Å²) in [5.41, 5.74) is 0.393. The van der Waals surface area contributed by atoms with Crippen molar-refractivity contribution < 1.29 is 14.4 Å². The minimum Gasteiger partial charge on any atom is -0.461 e. The van der Waals surface area contributed by atoms with Gasteiger partial charge >= 0.3 is 5.97 Å². The molecule has 1 aliphatic heterocycles. The molecule has 14 heavy (non-hydrogen) atoms. The summed E-state index contributed by atoms with van der Waals surface area (Å²) >= 11 is 0. The Hall–Kier alpha value is -1.06. The van der Waals surface area contributed by atoms with E-state index in [9.17, 15) is 4.79 Å². The van der Waals surface area contributed by atoms with Gasteiger partial charge in [0.05, 0.1) is 6.61 Å². The largest absolute Gasteiger partial charge is 0.461 e. The van der Waals surface area contributed by atoms with Crippen LogP contribution in [0.4, 0.5) is 0 Å². The minimum absolute atomic E-state index is 0.00224. The Morgan fingerprint density at radius 3 is 2.71 bits per heavy atom.